The molecule has 8 heteroatoms. The molecule has 0 spiro atoms. The number of piperidine rings is 1. The topological polar surface area (TPSA) is 91.3 Å². The molecule has 1 aromatic carbocycles. The minimum Gasteiger partial charge on any atom is -0.486 e. The zero-order valence-corrected chi connectivity index (χ0v) is 14.9. The molecule has 1 fully saturated rings. The molecular formula is C18H25FN4O3. The molecule has 2 N–H and O–H groups in total. The number of rotatable bonds is 6. The maximum atomic E-state index is 13.1. The third-order valence-corrected chi connectivity index (χ3v) is 4.25. The maximum Gasteiger partial charge on any atom is 0.290 e. The van der Waals surface area contributed by atoms with Crippen LogP contribution in [0.5, 0.6) is 5.75 Å². The Morgan fingerprint density at radius 1 is 1.50 bits per heavy atom. The molecule has 1 atom stereocenters. The number of carbonyl (C=O) groups is 1. The third-order valence-electron chi connectivity index (χ3n) is 4.25. The van der Waals surface area contributed by atoms with E-state index in [1.54, 1.807) is 12.1 Å². The lowest BCUT2D eigenvalue weighted by Crippen LogP contribution is -2.32. The van der Waals surface area contributed by atoms with Gasteiger partial charge in [-0.15, -0.1) is 0 Å². The van der Waals surface area contributed by atoms with E-state index in [0.29, 0.717) is 11.6 Å². The van der Waals surface area contributed by atoms with Gasteiger partial charge in [-0.25, -0.2) is 9.37 Å². The lowest BCUT2D eigenvalue weighted by Gasteiger charge is -2.29. The van der Waals surface area contributed by atoms with E-state index in [-0.39, 0.29) is 18.9 Å². The van der Waals surface area contributed by atoms with Crippen LogP contribution in [0.2, 0.25) is 0 Å². The summed E-state index contributed by atoms with van der Waals surface area (Å²) in [7, 11) is 2.18. The van der Waals surface area contributed by atoms with Crippen LogP contribution in [-0.4, -0.2) is 51.8 Å². The number of aromatic amines is 1. The van der Waals surface area contributed by atoms with E-state index < -0.39 is 0 Å². The summed E-state index contributed by atoms with van der Waals surface area (Å²) in [6.45, 7) is 2.39. The molecule has 1 unspecified atom stereocenters. The number of aryl methyl sites for hydroxylation is 1. The summed E-state index contributed by atoms with van der Waals surface area (Å²) >= 11 is 0. The van der Waals surface area contributed by atoms with Gasteiger partial charge < -0.3 is 14.7 Å². The van der Waals surface area contributed by atoms with E-state index >= 15 is 0 Å². The van der Waals surface area contributed by atoms with Crippen LogP contribution in [0.25, 0.3) is 0 Å². The highest BCUT2D eigenvalue weighted by molar-refractivity contribution is 5.32. The van der Waals surface area contributed by atoms with Crippen molar-refractivity contribution in [1.29, 1.82) is 0 Å². The zero-order chi connectivity index (χ0) is 18.8. The van der Waals surface area contributed by atoms with Crippen LogP contribution in [-0.2, 0) is 17.8 Å². The van der Waals surface area contributed by atoms with Crippen LogP contribution in [0.3, 0.4) is 0 Å². The molecule has 7 nitrogen and oxygen atoms in total. The summed E-state index contributed by atoms with van der Waals surface area (Å²) in [6, 6.07) is 6.09. The number of hydrogen-bond acceptors (Lipinski definition) is 5. The number of carboxylic acid groups (broad SMARTS) is 1. The summed E-state index contributed by atoms with van der Waals surface area (Å²) in [5.74, 6) is 2.42. The van der Waals surface area contributed by atoms with Crippen molar-refractivity contribution in [1.82, 2.24) is 20.1 Å². The molecule has 1 saturated heterocycles. The fourth-order valence-electron chi connectivity index (χ4n) is 3.06. The highest BCUT2D eigenvalue weighted by Crippen LogP contribution is 2.20. The van der Waals surface area contributed by atoms with Gasteiger partial charge in [0.1, 0.15) is 18.2 Å². The van der Waals surface area contributed by atoms with Gasteiger partial charge in [0.2, 0.25) is 0 Å². The molecule has 1 aliphatic heterocycles. The predicted molar refractivity (Wildman–Crippen MR) is 94.3 cm³/mol. The van der Waals surface area contributed by atoms with Gasteiger partial charge in [-0.3, -0.25) is 9.89 Å². The van der Waals surface area contributed by atoms with Crippen molar-refractivity contribution >= 4 is 6.47 Å². The third kappa shape index (κ3) is 6.79. The van der Waals surface area contributed by atoms with Gasteiger partial charge in [0.25, 0.3) is 6.47 Å². The quantitative estimate of drug-likeness (QED) is 0.765. The van der Waals surface area contributed by atoms with Gasteiger partial charge in [-0.1, -0.05) is 6.07 Å². The molecule has 26 heavy (non-hydrogen) atoms. The Labute approximate surface area is 152 Å². The largest absolute Gasteiger partial charge is 0.486 e. The number of hydrogen-bond donors (Lipinski definition) is 2. The Hall–Kier alpha value is -2.48. The van der Waals surface area contributed by atoms with E-state index in [1.807, 2.05) is 0 Å². The molecule has 2 aromatic rings. The fourth-order valence-corrected chi connectivity index (χ4v) is 3.06. The monoisotopic (exact) mass is 364 g/mol. The predicted octanol–water partition coefficient (Wildman–Crippen LogP) is 2.50. The first-order valence-corrected chi connectivity index (χ1v) is 8.65. The van der Waals surface area contributed by atoms with E-state index in [1.165, 1.54) is 38.1 Å². The van der Waals surface area contributed by atoms with Crippen molar-refractivity contribution < 1.29 is 19.0 Å². The Bertz CT molecular complexity index is 680. The summed E-state index contributed by atoms with van der Waals surface area (Å²) < 4.78 is 18.6. The number of nitrogens with zero attached hydrogens (tertiary/aromatic N) is 3. The number of ether oxygens (including phenoxy) is 1. The van der Waals surface area contributed by atoms with Crippen LogP contribution in [0.15, 0.2) is 24.3 Å². The molecule has 0 radical (unpaired) electrons. The molecule has 0 saturated carbocycles. The van der Waals surface area contributed by atoms with Gasteiger partial charge in [-0.05, 0) is 50.9 Å². The lowest BCUT2D eigenvalue weighted by molar-refractivity contribution is -0.122. The summed E-state index contributed by atoms with van der Waals surface area (Å²) in [6.07, 6.45) is 4.58. The molecule has 142 valence electrons. The second-order valence-corrected chi connectivity index (χ2v) is 6.36. The molecule has 3 rings (SSSR count). The fraction of sp³-hybridized carbons (Fsp3) is 0.500. The molecule has 0 bridgehead atoms. The van der Waals surface area contributed by atoms with E-state index in [9.17, 15) is 4.39 Å². The van der Waals surface area contributed by atoms with E-state index in [0.717, 1.165) is 24.6 Å². The highest BCUT2D eigenvalue weighted by atomic mass is 19.1. The number of nitrogens with one attached hydrogen (secondary N) is 1. The van der Waals surface area contributed by atoms with Crippen LogP contribution in [0, 0.1) is 11.7 Å². The van der Waals surface area contributed by atoms with Crippen molar-refractivity contribution in [3.05, 3.63) is 41.7 Å². The number of benzene rings is 1. The van der Waals surface area contributed by atoms with Crippen LogP contribution in [0.1, 0.15) is 30.9 Å². The van der Waals surface area contributed by atoms with Crippen molar-refractivity contribution in [2.24, 2.45) is 5.92 Å². The number of likely N-dealkylation sites (tertiary alicyclic amines) is 1. The molecule has 0 aliphatic carbocycles. The van der Waals surface area contributed by atoms with E-state index in [4.69, 9.17) is 14.6 Å². The summed E-state index contributed by atoms with van der Waals surface area (Å²) in [5.41, 5.74) is 0. The Balaban J connectivity index is 0.000000758. The Morgan fingerprint density at radius 2 is 2.31 bits per heavy atom. The SMILES string of the molecule is CN1CCCC(CCc2n[nH]c(COc3cccc(F)c3)n2)C1.O=CO. The second-order valence-electron chi connectivity index (χ2n) is 6.36. The van der Waals surface area contributed by atoms with Crippen LogP contribution >= 0.6 is 0 Å². The smallest absolute Gasteiger partial charge is 0.290 e. The molecule has 2 heterocycles. The second kappa shape index (κ2) is 10.5. The van der Waals surface area contributed by atoms with Gasteiger partial charge in [0.05, 0.1) is 0 Å². The Kier molecular flexibility index (Phi) is 8.01. The normalized spacial score (nSPS) is 17.2. The average molecular weight is 364 g/mol. The van der Waals surface area contributed by atoms with Gasteiger partial charge in [0.15, 0.2) is 11.6 Å². The summed E-state index contributed by atoms with van der Waals surface area (Å²) in [4.78, 5) is 15.2. The molecule has 0 amide bonds. The summed E-state index contributed by atoms with van der Waals surface area (Å²) in [5, 5.41) is 14.0. The average Bonchev–Trinajstić information content (AvgIpc) is 3.07. The molecular weight excluding hydrogens is 339 g/mol. The number of halogens is 1. The van der Waals surface area contributed by atoms with Gasteiger partial charge in [-0.2, -0.15) is 5.10 Å². The highest BCUT2D eigenvalue weighted by Gasteiger charge is 2.17. The van der Waals surface area contributed by atoms with Crippen molar-refractivity contribution in [3.8, 4) is 5.75 Å². The van der Waals surface area contributed by atoms with Crippen molar-refractivity contribution in [3.63, 3.8) is 0 Å². The van der Waals surface area contributed by atoms with Crippen LogP contribution < -0.4 is 4.74 Å². The minimum atomic E-state index is -0.307. The zero-order valence-electron chi connectivity index (χ0n) is 14.9. The standard InChI is InChI=1S/C17H23FN4O.CH2O2/c1-22-9-3-4-13(11-22)7-8-16-19-17(21-20-16)12-23-15-6-2-5-14(18)10-15;2-1-3/h2,5-6,10,13H,3-4,7-9,11-12H2,1H3,(H,19,20,21);1H,(H,2,3). The van der Waals surface area contributed by atoms with Gasteiger partial charge in [0, 0.05) is 19.0 Å². The van der Waals surface area contributed by atoms with E-state index in [2.05, 4.69) is 27.1 Å². The number of aromatic nitrogens is 3. The number of H-pyrrole nitrogens is 1. The first-order valence-electron chi connectivity index (χ1n) is 8.65. The molecule has 1 aromatic heterocycles. The lowest BCUT2D eigenvalue weighted by atomic mass is 9.94. The van der Waals surface area contributed by atoms with Crippen molar-refractivity contribution in [2.75, 3.05) is 20.1 Å². The Morgan fingerprint density at radius 3 is 3.04 bits per heavy atom. The van der Waals surface area contributed by atoms with Gasteiger partial charge >= 0.3 is 0 Å². The first-order chi connectivity index (χ1) is 12.6. The minimum absolute atomic E-state index is 0.250. The first kappa shape index (κ1) is 19.8. The maximum absolute atomic E-state index is 13.1. The van der Waals surface area contributed by atoms with Crippen molar-refractivity contribution in [2.45, 2.75) is 32.3 Å². The molecule has 1 aliphatic rings. The van der Waals surface area contributed by atoms with Crippen LogP contribution in [0.4, 0.5) is 4.39 Å².